The highest BCUT2D eigenvalue weighted by Crippen LogP contribution is 2.43. The minimum atomic E-state index is -3.87. The van der Waals surface area contributed by atoms with Crippen molar-refractivity contribution in [3.63, 3.8) is 0 Å². The van der Waals surface area contributed by atoms with E-state index in [1.165, 1.54) is 19.2 Å². The molecule has 1 amide bonds. The van der Waals surface area contributed by atoms with E-state index >= 15 is 0 Å². The summed E-state index contributed by atoms with van der Waals surface area (Å²) < 4.78 is 28.5. The number of nitrogens with two attached hydrogens (primary N) is 1. The largest absolute Gasteiger partial charge is 0.465 e. The van der Waals surface area contributed by atoms with Gasteiger partial charge in [-0.15, -0.1) is 0 Å². The maximum absolute atomic E-state index is 14.1. The standard InChI is InChI=1S/C30H24N2O5S/c1-37-30(34)23-11-7-8-20(18-23)19-32-26-13-6-5-12-25(26)28(29(32)33)27(21-9-3-2-4-10-21)22-14-16-24(17-15-22)38(31,35)36/h2-18H,19H2,1H3,(H2,31,35,36)/b28-27+. The molecule has 38 heavy (non-hydrogen) atoms. The third kappa shape index (κ3) is 4.74. The molecule has 1 aliphatic heterocycles. The fourth-order valence-corrected chi connectivity index (χ4v) is 5.16. The summed E-state index contributed by atoms with van der Waals surface area (Å²) in [6, 6.07) is 30.2. The van der Waals surface area contributed by atoms with E-state index in [-0.39, 0.29) is 17.3 Å². The van der Waals surface area contributed by atoms with Crippen molar-refractivity contribution in [1.82, 2.24) is 0 Å². The normalized spacial score (nSPS) is 14.3. The maximum Gasteiger partial charge on any atom is 0.337 e. The number of esters is 1. The molecule has 1 aliphatic rings. The lowest BCUT2D eigenvalue weighted by Gasteiger charge is -2.18. The molecule has 190 valence electrons. The summed E-state index contributed by atoms with van der Waals surface area (Å²) in [6.45, 7) is 0.247. The first kappa shape index (κ1) is 25.1. The number of anilines is 1. The average molecular weight is 525 g/mol. The molecule has 4 aromatic carbocycles. The number of primary sulfonamides is 1. The summed E-state index contributed by atoms with van der Waals surface area (Å²) in [5, 5.41) is 5.30. The Labute approximate surface area is 220 Å². The minimum absolute atomic E-state index is 0.0103. The smallest absolute Gasteiger partial charge is 0.337 e. The highest BCUT2D eigenvalue weighted by Gasteiger charge is 2.35. The lowest BCUT2D eigenvalue weighted by atomic mass is 9.90. The van der Waals surface area contributed by atoms with Gasteiger partial charge < -0.3 is 9.64 Å². The van der Waals surface area contributed by atoms with E-state index in [2.05, 4.69) is 0 Å². The van der Waals surface area contributed by atoms with Crippen LogP contribution >= 0.6 is 0 Å². The van der Waals surface area contributed by atoms with E-state index in [1.807, 2.05) is 60.7 Å². The third-order valence-corrected chi connectivity index (χ3v) is 7.33. The summed E-state index contributed by atoms with van der Waals surface area (Å²) in [5.41, 5.74) is 5.34. The highest BCUT2D eigenvalue weighted by atomic mass is 32.2. The van der Waals surface area contributed by atoms with Crippen LogP contribution in [0, 0.1) is 0 Å². The molecule has 5 rings (SSSR count). The zero-order valence-corrected chi connectivity index (χ0v) is 21.3. The lowest BCUT2D eigenvalue weighted by Crippen LogP contribution is -2.26. The quantitative estimate of drug-likeness (QED) is 0.292. The van der Waals surface area contributed by atoms with E-state index in [9.17, 15) is 18.0 Å². The number of hydrogen-bond donors (Lipinski definition) is 1. The molecule has 7 nitrogen and oxygen atoms in total. The molecule has 0 spiro atoms. The van der Waals surface area contributed by atoms with Crippen LogP contribution in [0.15, 0.2) is 108 Å². The van der Waals surface area contributed by atoms with Gasteiger partial charge in [-0.25, -0.2) is 18.4 Å². The summed E-state index contributed by atoms with van der Waals surface area (Å²) >= 11 is 0. The number of ether oxygens (including phenoxy) is 1. The van der Waals surface area contributed by atoms with Gasteiger partial charge in [0.1, 0.15) is 0 Å². The Bertz CT molecular complexity index is 1680. The van der Waals surface area contributed by atoms with Crippen molar-refractivity contribution in [1.29, 1.82) is 0 Å². The monoisotopic (exact) mass is 524 g/mol. The van der Waals surface area contributed by atoms with Gasteiger partial charge in [0, 0.05) is 11.1 Å². The second-order valence-corrected chi connectivity index (χ2v) is 10.3. The van der Waals surface area contributed by atoms with E-state index in [0.717, 1.165) is 22.4 Å². The molecule has 0 bridgehead atoms. The number of nitrogens with zero attached hydrogens (tertiary/aromatic N) is 1. The molecule has 1 heterocycles. The summed E-state index contributed by atoms with van der Waals surface area (Å²) in [4.78, 5) is 27.8. The summed E-state index contributed by atoms with van der Waals surface area (Å²) in [5.74, 6) is -0.654. The van der Waals surface area contributed by atoms with E-state index in [0.29, 0.717) is 22.3 Å². The first-order chi connectivity index (χ1) is 18.3. The van der Waals surface area contributed by atoms with Crippen LogP contribution in [-0.2, 0) is 26.1 Å². The molecule has 0 radical (unpaired) electrons. The van der Waals surface area contributed by atoms with E-state index in [1.54, 1.807) is 35.2 Å². The van der Waals surface area contributed by atoms with Crippen LogP contribution in [0.3, 0.4) is 0 Å². The van der Waals surface area contributed by atoms with Gasteiger partial charge in [0.25, 0.3) is 5.91 Å². The molecule has 0 atom stereocenters. The summed E-state index contributed by atoms with van der Waals surface area (Å²) in [6.07, 6.45) is 0. The highest BCUT2D eigenvalue weighted by molar-refractivity contribution is 7.89. The van der Waals surface area contributed by atoms with Crippen LogP contribution in [0.4, 0.5) is 5.69 Å². The Morgan fingerprint density at radius 1 is 0.816 bits per heavy atom. The van der Waals surface area contributed by atoms with Crippen molar-refractivity contribution in [2.24, 2.45) is 5.14 Å². The number of benzene rings is 4. The Balaban J connectivity index is 1.67. The van der Waals surface area contributed by atoms with Crippen LogP contribution in [0.25, 0.3) is 11.1 Å². The molecular weight excluding hydrogens is 500 g/mol. The number of fused-ring (bicyclic) bond motifs is 1. The number of methoxy groups -OCH3 is 1. The first-order valence-corrected chi connectivity index (χ1v) is 13.3. The maximum atomic E-state index is 14.1. The fraction of sp³-hybridized carbons (Fsp3) is 0.0667. The van der Waals surface area contributed by atoms with Gasteiger partial charge in [0.15, 0.2) is 0 Å². The number of sulfonamides is 1. The molecule has 0 fully saturated rings. The number of rotatable bonds is 6. The van der Waals surface area contributed by atoms with Crippen molar-refractivity contribution in [2.45, 2.75) is 11.4 Å². The molecule has 0 saturated heterocycles. The van der Waals surface area contributed by atoms with Crippen LogP contribution < -0.4 is 10.0 Å². The number of para-hydroxylation sites is 1. The number of hydrogen-bond acceptors (Lipinski definition) is 5. The second kappa shape index (κ2) is 10.1. The molecule has 0 aliphatic carbocycles. The van der Waals surface area contributed by atoms with Crippen LogP contribution in [0.2, 0.25) is 0 Å². The third-order valence-electron chi connectivity index (χ3n) is 6.40. The van der Waals surface area contributed by atoms with Crippen LogP contribution in [0.5, 0.6) is 0 Å². The van der Waals surface area contributed by atoms with E-state index in [4.69, 9.17) is 9.88 Å². The predicted octanol–water partition coefficient (Wildman–Crippen LogP) is 4.63. The number of carbonyl (C=O) groups is 2. The van der Waals surface area contributed by atoms with Crippen molar-refractivity contribution in [2.75, 3.05) is 12.0 Å². The molecule has 0 aromatic heterocycles. The number of carbonyl (C=O) groups excluding carboxylic acids is 2. The van der Waals surface area contributed by atoms with E-state index < -0.39 is 16.0 Å². The van der Waals surface area contributed by atoms with Gasteiger partial charge in [0.2, 0.25) is 10.0 Å². The van der Waals surface area contributed by atoms with Crippen molar-refractivity contribution >= 4 is 38.7 Å². The van der Waals surface area contributed by atoms with Gasteiger partial charge in [-0.3, -0.25) is 4.79 Å². The lowest BCUT2D eigenvalue weighted by molar-refractivity contribution is -0.113. The molecule has 2 N–H and O–H groups in total. The first-order valence-electron chi connectivity index (χ1n) is 11.8. The average Bonchev–Trinajstić information content (AvgIpc) is 3.20. The molecule has 4 aromatic rings. The zero-order chi connectivity index (χ0) is 26.9. The van der Waals surface area contributed by atoms with Crippen LogP contribution in [-0.4, -0.2) is 27.4 Å². The Hall–Kier alpha value is -4.53. The Morgan fingerprint density at radius 3 is 2.13 bits per heavy atom. The Morgan fingerprint density at radius 2 is 1.45 bits per heavy atom. The summed E-state index contributed by atoms with van der Waals surface area (Å²) in [7, 11) is -2.54. The molecular formula is C30H24N2O5S. The predicted molar refractivity (Wildman–Crippen MR) is 146 cm³/mol. The zero-order valence-electron chi connectivity index (χ0n) is 20.5. The molecule has 0 saturated carbocycles. The number of amides is 1. The van der Waals surface area contributed by atoms with Gasteiger partial charge >= 0.3 is 5.97 Å². The molecule has 8 heteroatoms. The van der Waals surface area contributed by atoms with Gasteiger partial charge in [-0.05, 0) is 47.0 Å². The van der Waals surface area contributed by atoms with Gasteiger partial charge in [0.05, 0.1) is 35.4 Å². The minimum Gasteiger partial charge on any atom is -0.465 e. The van der Waals surface area contributed by atoms with Crippen molar-refractivity contribution in [3.05, 3.63) is 131 Å². The van der Waals surface area contributed by atoms with Crippen molar-refractivity contribution < 1.29 is 22.7 Å². The molecule has 0 unspecified atom stereocenters. The topological polar surface area (TPSA) is 107 Å². The second-order valence-electron chi connectivity index (χ2n) is 8.79. The SMILES string of the molecule is COC(=O)c1cccc(CN2C(=O)/C(=C(\c3ccccc3)c3ccc(S(N)(=O)=O)cc3)c3ccccc32)c1. The van der Waals surface area contributed by atoms with Gasteiger partial charge in [-0.1, -0.05) is 72.8 Å². The van der Waals surface area contributed by atoms with Gasteiger partial charge in [-0.2, -0.15) is 0 Å². The Kier molecular flexibility index (Phi) is 6.67. The van der Waals surface area contributed by atoms with Crippen LogP contribution in [0.1, 0.15) is 32.6 Å². The van der Waals surface area contributed by atoms with Crippen molar-refractivity contribution in [3.8, 4) is 0 Å². The fourth-order valence-electron chi connectivity index (χ4n) is 4.65.